The molecule has 3 aromatic rings. The van der Waals surface area contributed by atoms with E-state index in [4.69, 9.17) is 0 Å². The van der Waals surface area contributed by atoms with Crippen molar-refractivity contribution in [3.8, 4) is 22.8 Å². The summed E-state index contributed by atoms with van der Waals surface area (Å²) in [6, 6.07) is 17.5. The number of carbonyl (C=O) groups excluding carboxylic acids is 1. The van der Waals surface area contributed by atoms with Crippen molar-refractivity contribution in [1.29, 1.82) is 0 Å². The normalized spacial score (nSPS) is 14.2. The van der Waals surface area contributed by atoms with Gasteiger partial charge in [-0.2, -0.15) is 5.10 Å². The fraction of sp³-hybridized carbons (Fsp3) is 0.211. The SMILES string of the molecule is O=C(Nc1ccccc1-c1nc(-c2ccccc2)n[nH]1)C1CCC1. The molecule has 0 radical (unpaired) electrons. The Morgan fingerprint density at radius 2 is 1.79 bits per heavy atom. The number of rotatable bonds is 4. The van der Waals surface area contributed by atoms with Crippen LogP contribution in [0.3, 0.4) is 0 Å². The minimum atomic E-state index is 0.0940. The number of hydrogen-bond donors (Lipinski definition) is 2. The number of H-pyrrole nitrogens is 1. The molecule has 5 nitrogen and oxygen atoms in total. The third-order valence-corrected chi connectivity index (χ3v) is 4.43. The highest BCUT2D eigenvalue weighted by Gasteiger charge is 2.25. The van der Waals surface area contributed by atoms with Gasteiger partial charge in [-0.3, -0.25) is 9.89 Å². The van der Waals surface area contributed by atoms with Crippen LogP contribution in [-0.4, -0.2) is 21.1 Å². The number of aromatic amines is 1. The average Bonchev–Trinajstić information content (AvgIpc) is 3.04. The summed E-state index contributed by atoms with van der Waals surface area (Å²) < 4.78 is 0. The van der Waals surface area contributed by atoms with Crippen molar-refractivity contribution in [2.24, 2.45) is 5.92 Å². The highest BCUT2D eigenvalue weighted by Crippen LogP contribution is 2.30. The quantitative estimate of drug-likeness (QED) is 0.767. The van der Waals surface area contributed by atoms with Crippen molar-refractivity contribution in [3.05, 3.63) is 54.6 Å². The molecule has 1 amide bonds. The van der Waals surface area contributed by atoms with E-state index in [1.54, 1.807) is 0 Å². The summed E-state index contributed by atoms with van der Waals surface area (Å²) in [5.41, 5.74) is 2.57. The molecule has 0 unspecified atom stereocenters. The van der Waals surface area contributed by atoms with Crippen molar-refractivity contribution in [3.63, 3.8) is 0 Å². The lowest BCUT2D eigenvalue weighted by molar-refractivity contribution is -0.122. The fourth-order valence-corrected chi connectivity index (χ4v) is 2.80. The average molecular weight is 318 g/mol. The van der Waals surface area contributed by atoms with Crippen LogP contribution in [0.2, 0.25) is 0 Å². The van der Waals surface area contributed by atoms with Gasteiger partial charge in [0.2, 0.25) is 5.91 Å². The second kappa shape index (κ2) is 6.28. The molecule has 1 aliphatic rings. The molecule has 5 heteroatoms. The van der Waals surface area contributed by atoms with Gasteiger partial charge in [0.15, 0.2) is 11.6 Å². The Morgan fingerprint density at radius 3 is 2.54 bits per heavy atom. The van der Waals surface area contributed by atoms with E-state index in [2.05, 4.69) is 20.5 Å². The maximum atomic E-state index is 12.2. The van der Waals surface area contributed by atoms with Crippen LogP contribution < -0.4 is 5.32 Å². The van der Waals surface area contributed by atoms with Crippen molar-refractivity contribution >= 4 is 11.6 Å². The Kier molecular flexibility index (Phi) is 3.83. The van der Waals surface area contributed by atoms with Crippen molar-refractivity contribution in [2.75, 3.05) is 5.32 Å². The van der Waals surface area contributed by atoms with E-state index < -0.39 is 0 Å². The summed E-state index contributed by atoms with van der Waals surface area (Å²) in [7, 11) is 0. The predicted octanol–water partition coefficient (Wildman–Crippen LogP) is 3.88. The first kappa shape index (κ1) is 14.6. The summed E-state index contributed by atoms with van der Waals surface area (Å²) in [5.74, 6) is 1.54. The van der Waals surface area contributed by atoms with Crippen LogP contribution in [0, 0.1) is 5.92 Å². The molecule has 24 heavy (non-hydrogen) atoms. The Labute approximate surface area is 140 Å². The first-order chi connectivity index (χ1) is 11.8. The predicted molar refractivity (Wildman–Crippen MR) is 93.2 cm³/mol. The second-order valence-corrected chi connectivity index (χ2v) is 6.04. The summed E-state index contributed by atoms with van der Waals surface area (Å²) >= 11 is 0. The van der Waals surface area contributed by atoms with E-state index in [0.717, 1.165) is 36.1 Å². The Hall–Kier alpha value is -2.95. The molecule has 0 aliphatic heterocycles. The zero-order chi connectivity index (χ0) is 16.4. The molecule has 0 bridgehead atoms. The van der Waals surface area contributed by atoms with Crippen LogP contribution in [0.15, 0.2) is 54.6 Å². The van der Waals surface area contributed by atoms with Crippen LogP contribution in [0.4, 0.5) is 5.69 Å². The van der Waals surface area contributed by atoms with Gasteiger partial charge < -0.3 is 5.32 Å². The van der Waals surface area contributed by atoms with Gasteiger partial charge in [-0.25, -0.2) is 4.98 Å². The summed E-state index contributed by atoms with van der Waals surface area (Å²) in [6.07, 6.45) is 3.10. The van der Waals surface area contributed by atoms with E-state index >= 15 is 0 Å². The molecule has 1 heterocycles. The highest BCUT2D eigenvalue weighted by molar-refractivity contribution is 5.96. The number of aromatic nitrogens is 3. The monoisotopic (exact) mass is 318 g/mol. The van der Waals surface area contributed by atoms with E-state index in [-0.39, 0.29) is 11.8 Å². The Morgan fingerprint density at radius 1 is 1.04 bits per heavy atom. The van der Waals surface area contributed by atoms with Crippen LogP contribution in [-0.2, 0) is 4.79 Å². The zero-order valence-corrected chi connectivity index (χ0v) is 13.2. The standard InChI is InChI=1S/C19H18N4O/c24-19(14-9-6-10-14)20-16-12-5-4-11-15(16)18-21-17(22-23-18)13-7-2-1-3-8-13/h1-5,7-8,11-12,14H,6,9-10H2,(H,20,24)(H,21,22,23). The molecule has 4 rings (SSSR count). The molecule has 2 N–H and O–H groups in total. The van der Waals surface area contributed by atoms with E-state index in [0.29, 0.717) is 11.6 Å². The Balaban J connectivity index is 1.62. The molecule has 0 spiro atoms. The van der Waals surface area contributed by atoms with Gasteiger partial charge >= 0.3 is 0 Å². The summed E-state index contributed by atoms with van der Waals surface area (Å²) in [5, 5.41) is 10.3. The molecule has 0 saturated heterocycles. The number of hydrogen-bond acceptors (Lipinski definition) is 3. The van der Waals surface area contributed by atoms with Gasteiger partial charge in [-0.05, 0) is 25.0 Å². The fourth-order valence-electron chi connectivity index (χ4n) is 2.80. The maximum Gasteiger partial charge on any atom is 0.227 e. The number of anilines is 1. The molecular formula is C19H18N4O. The molecule has 1 saturated carbocycles. The lowest BCUT2D eigenvalue weighted by Crippen LogP contribution is -2.28. The van der Waals surface area contributed by atoms with Crippen LogP contribution in [0.1, 0.15) is 19.3 Å². The number of nitrogens with zero attached hydrogens (tertiary/aromatic N) is 2. The van der Waals surface area contributed by atoms with Gasteiger partial charge in [0, 0.05) is 17.0 Å². The largest absolute Gasteiger partial charge is 0.325 e. The lowest BCUT2D eigenvalue weighted by Gasteiger charge is -2.24. The van der Waals surface area contributed by atoms with E-state index in [1.165, 1.54) is 0 Å². The highest BCUT2D eigenvalue weighted by atomic mass is 16.1. The molecular weight excluding hydrogens is 300 g/mol. The van der Waals surface area contributed by atoms with Gasteiger partial charge in [-0.15, -0.1) is 0 Å². The maximum absolute atomic E-state index is 12.2. The van der Waals surface area contributed by atoms with Crippen LogP contribution in [0.5, 0.6) is 0 Å². The second-order valence-electron chi connectivity index (χ2n) is 6.04. The molecule has 0 atom stereocenters. The smallest absolute Gasteiger partial charge is 0.227 e. The number of amides is 1. The van der Waals surface area contributed by atoms with Crippen LogP contribution in [0.25, 0.3) is 22.8 Å². The number of benzene rings is 2. The number of carbonyl (C=O) groups is 1. The molecule has 1 aromatic heterocycles. The first-order valence-corrected chi connectivity index (χ1v) is 8.19. The third kappa shape index (κ3) is 2.80. The lowest BCUT2D eigenvalue weighted by atomic mass is 9.85. The minimum Gasteiger partial charge on any atom is -0.325 e. The van der Waals surface area contributed by atoms with Gasteiger partial charge in [-0.1, -0.05) is 48.9 Å². The molecule has 1 fully saturated rings. The van der Waals surface area contributed by atoms with E-state index in [1.807, 2.05) is 54.6 Å². The molecule has 1 aliphatic carbocycles. The van der Waals surface area contributed by atoms with E-state index in [9.17, 15) is 4.79 Å². The first-order valence-electron chi connectivity index (χ1n) is 8.19. The van der Waals surface area contributed by atoms with Crippen molar-refractivity contribution in [1.82, 2.24) is 15.2 Å². The van der Waals surface area contributed by atoms with Crippen LogP contribution >= 0.6 is 0 Å². The van der Waals surface area contributed by atoms with Gasteiger partial charge in [0.25, 0.3) is 0 Å². The van der Waals surface area contributed by atoms with Crippen molar-refractivity contribution in [2.45, 2.75) is 19.3 Å². The zero-order valence-electron chi connectivity index (χ0n) is 13.2. The summed E-state index contributed by atoms with van der Waals surface area (Å²) in [4.78, 5) is 16.8. The topological polar surface area (TPSA) is 70.7 Å². The minimum absolute atomic E-state index is 0.0940. The number of nitrogens with one attached hydrogen (secondary N) is 2. The molecule has 120 valence electrons. The van der Waals surface area contributed by atoms with Gasteiger partial charge in [0.05, 0.1) is 5.69 Å². The third-order valence-electron chi connectivity index (χ3n) is 4.43. The summed E-state index contributed by atoms with van der Waals surface area (Å²) in [6.45, 7) is 0. The Bertz CT molecular complexity index is 853. The van der Waals surface area contributed by atoms with Gasteiger partial charge in [0.1, 0.15) is 0 Å². The molecule has 2 aromatic carbocycles. The van der Waals surface area contributed by atoms with Crippen molar-refractivity contribution < 1.29 is 4.79 Å². The number of para-hydroxylation sites is 1.